The van der Waals surface area contributed by atoms with E-state index in [4.69, 9.17) is 13.9 Å². The Balaban J connectivity index is 2.30. The zero-order chi connectivity index (χ0) is 13.8. The molecule has 0 atom stereocenters. The number of rotatable bonds is 5. The Morgan fingerprint density at radius 3 is 2.21 bits per heavy atom. The van der Waals surface area contributed by atoms with Gasteiger partial charge in [0.1, 0.15) is 17.3 Å². The second-order valence-electron chi connectivity index (χ2n) is 4.15. The summed E-state index contributed by atoms with van der Waals surface area (Å²) in [5.74, 6) is 2.24. The molecule has 0 aliphatic heterocycles. The number of hydrogen-bond acceptors (Lipinski definition) is 4. The van der Waals surface area contributed by atoms with Crippen molar-refractivity contribution in [3.63, 3.8) is 0 Å². The molecule has 0 N–H and O–H groups in total. The van der Waals surface area contributed by atoms with Crippen molar-refractivity contribution in [2.75, 3.05) is 14.2 Å². The summed E-state index contributed by atoms with van der Waals surface area (Å²) in [6, 6.07) is 8.88. The summed E-state index contributed by atoms with van der Waals surface area (Å²) in [7, 11) is 3.14. The first-order chi connectivity index (χ1) is 9.15. The van der Waals surface area contributed by atoms with Crippen LogP contribution in [-0.4, -0.2) is 20.0 Å². The third kappa shape index (κ3) is 2.78. The Labute approximate surface area is 111 Å². The summed E-state index contributed by atoms with van der Waals surface area (Å²) in [5, 5.41) is 0. The van der Waals surface area contributed by atoms with Gasteiger partial charge in [-0.15, -0.1) is 0 Å². The Hall–Kier alpha value is -2.23. The summed E-state index contributed by atoms with van der Waals surface area (Å²) in [6.45, 7) is 1.81. The minimum Gasteiger partial charge on any atom is -0.496 e. The van der Waals surface area contributed by atoms with Crippen molar-refractivity contribution < 1.29 is 18.7 Å². The summed E-state index contributed by atoms with van der Waals surface area (Å²) < 4.78 is 15.9. The molecular weight excluding hydrogens is 244 g/mol. The van der Waals surface area contributed by atoms with Gasteiger partial charge in [-0.25, -0.2) is 0 Å². The minimum atomic E-state index is -0.101. The number of Topliss-reactive ketones (excluding diaryl/α,β-unsaturated/α-hetero) is 1. The summed E-state index contributed by atoms with van der Waals surface area (Å²) in [5.41, 5.74) is 0.728. The van der Waals surface area contributed by atoms with Gasteiger partial charge in [-0.2, -0.15) is 0 Å². The van der Waals surface area contributed by atoms with Crippen molar-refractivity contribution in [3.05, 3.63) is 47.4 Å². The molecule has 1 aromatic heterocycles. The number of carbonyl (C=O) groups excluding carboxylic acids is 1. The largest absolute Gasteiger partial charge is 0.496 e. The first kappa shape index (κ1) is 13.2. The molecule has 0 bridgehead atoms. The van der Waals surface area contributed by atoms with Crippen LogP contribution < -0.4 is 9.47 Å². The lowest BCUT2D eigenvalue weighted by atomic mass is 10.1. The van der Waals surface area contributed by atoms with Gasteiger partial charge in [-0.3, -0.25) is 4.79 Å². The molecule has 2 rings (SSSR count). The van der Waals surface area contributed by atoms with Crippen LogP contribution in [0.2, 0.25) is 0 Å². The molecule has 2 aromatic rings. The van der Waals surface area contributed by atoms with E-state index in [-0.39, 0.29) is 12.2 Å². The lowest BCUT2D eigenvalue weighted by Crippen LogP contribution is -2.05. The van der Waals surface area contributed by atoms with E-state index in [0.29, 0.717) is 17.3 Å². The average molecular weight is 260 g/mol. The summed E-state index contributed by atoms with van der Waals surface area (Å²) >= 11 is 0. The fraction of sp³-hybridized carbons (Fsp3) is 0.267. The van der Waals surface area contributed by atoms with E-state index in [9.17, 15) is 4.79 Å². The molecule has 100 valence electrons. The molecule has 0 saturated carbocycles. The van der Waals surface area contributed by atoms with Gasteiger partial charge >= 0.3 is 0 Å². The smallest absolute Gasteiger partial charge is 0.202 e. The van der Waals surface area contributed by atoms with E-state index in [0.717, 1.165) is 11.3 Å². The van der Waals surface area contributed by atoms with Gasteiger partial charge in [0.2, 0.25) is 5.78 Å². The summed E-state index contributed by atoms with van der Waals surface area (Å²) in [6.07, 6.45) is 0.181. The fourth-order valence-corrected chi connectivity index (χ4v) is 1.93. The Bertz CT molecular complexity index is 561. The van der Waals surface area contributed by atoms with Crippen LogP contribution in [0, 0.1) is 6.92 Å². The predicted molar refractivity (Wildman–Crippen MR) is 71.0 cm³/mol. The van der Waals surface area contributed by atoms with Gasteiger partial charge in [0.25, 0.3) is 0 Å². The Morgan fingerprint density at radius 1 is 1.11 bits per heavy atom. The second-order valence-corrected chi connectivity index (χ2v) is 4.15. The number of furan rings is 1. The number of hydrogen-bond donors (Lipinski definition) is 0. The predicted octanol–water partition coefficient (Wildman–Crippen LogP) is 3.03. The van der Waals surface area contributed by atoms with E-state index in [1.165, 1.54) is 0 Å². The molecule has 0 aliphatic carbocycles. The van der Waals surface area contributed by atoms with Gasteiger partial charge < -0.3 is 13.9 Å². The summed E-state index contributed by atoms with van der Waals surface area (Å²) in [4.78, 5) is 12.2. The first-order valence-corrected chi connectivity index (χ1v) is 5.95. The normalized spacial score (nSPS) is 10.3. The molecule has 1 aromatic carbocycles. The van der Waals surface area contributed by atoms with Crippen LogP contribution in [-0.2, 0) is 6.42 Å². The fourth-order valence-electron chi connectivity index (χ4n) is 1.93. The maximum Gasteiger partial charge on any atom is 0.202 e. The Morgan fingerprint density at radius 2 is 1.74 bits per heavy atom. The van der Waals surface area contributed by atoms with Crippen molar-refractivity contribution in [3.8, 4) is 11.5 Å². The number of ether oxygens (including phenoxy) is 2. The maximum absolute atomic E-state index is 12.2. The molecule has 0 unspecified atom stereocenters. The third-order valence-electron chi connectivity index (χ3n) is 2.88. The van der Waals surface area contributed by atoms with Crippen molar-refractivity contribution in [2.45, 2.75) is 13.3 Å². The van der Waals surface area contributed by atoms with Crippen molar-refractivity contribution in [1.82, 2.24) is 0 Å². The van der Waals surface area contributed by atoms with Crippen LogP contribution in [0.5, 0.6) is 11.5 Å². The highest BCUT2D eigenvalue weighted by Gasteiger charge is 2.17. The first-order valence-electron chi connectivity index (χ1n) is 5.95. The Kier molecular flexibility index (Phi) is 3.90. The van der Waals surface area contributed by atoms with Crippen LogP contribution >= 0.6 is 0 Å². The van der Waals surface area contributed by atoms with Crippen LogP contribution in [0.3, 0.4) is 0 Å². The highest BCUT2D eigenvalue weighted by atomic mass is 16.5. The van der Waals surface area contributed by atoms with Crippen LogP contribution in [0.15, 0.2) is 34.7 Å². The molecule has 0 spiro atoms. The lowest BCUT2D eigenvalue weighted by molar-refractivity contribution is 0.0963. The van der Waals surface area contributed by atoms with Gasteiger partial charge in [-0.1, -0.05) is 6.07 Å². The number of ketones is 1. The highest BCUT2D eigenvalue weighted by Crippen LogP contribution is 2.29. The zero-order valence-corrected chi connectivity index (χ0v) is 11.2. The average Bonchev–Trinajstić information content (AvgIpc) is 2.85. The third-order valence-corrected chi connectivity index (χ3v) is 2.88. The van der Waals surface area contributed by atoms with E-state index in [1.54, 1.807) is 45.4 Å². The van der Waals surface area contributed by atoms with E-state index >= 15 is 0 Å². The molecule has 0 aliphatic rings. The van der Waals surface area contributed by atoms with Crippen LogP contribution in [0.4, 0.5) is 0 Å². The van der Waals surface area contributed by atoms with Crippen molar-refractivity contribution in [2.24, 2.45) is 0 Å². The molecule has 0 saturated heterocycles. The minimum absolute atomic E-state index is 0.101. The molecular formula is C15H16O4. The maximum atomic E-state index is 12.2. The number of methoxy groups -OCH3 is 2. The van der Waals surface area contributed by atoms with Gasteiger partial charge in [0, 0.05) is 12.0 Å². The van der Waals surface area contributed by atoms with E-state index in [1.807, 2.05) is 6.07 Å². The zero-order valence-electron chi connectivity index (χ0n) is 11.2. The number of aryl methyl sites for hydroxylation is 1. The van der Waals surface area contributed by atoms with Crippen LogP contribution in [0.1, 0.15) is 21.9 Å². The van der Waals surface area contributed by atoms with Crippen molar-refractivity contribution >= 4 is 5.78 Å². The molecule has 19 heavy (non-hydrogen) atoms. The molecule has 0 amide bonds. The second kappa shape index (κ2) is 5.61. The molecule has 4 heteroatoms. The van der Waals surface area contributed by atoms with Gasteiger partial charge in [0.15, 0.2) is 5.76 Å². The molecule has 0 radical (unpaired) electrons. The molecule has 4 nitrogen and oxygen atoms in total. The van der Waals surface area contributed by atoms with Gasteiger partial charge in [0.05, 0.1) is 14.2 Å². The molecule has 0 fully saturated rings. The van der Waals surface area contributed by atoms with E-state index < -0.39 is 0 Å². The number of carbonyl (C=O) groups is 1. The lowest BCUT2D eigenvalue weighted by Gasteiger charge is -2.11. The quantitative estimate of drug-likeness (QED) is 0.775. The van der Waals surface area contributed by atoms with Crippen LogP contribution in [0.25, 0.3) is 0 Å². The SMILES string of the molecule is COc1cccc(OC)c1CC(=O)c1ccc(C)o1. The highest BCUT2D eigenvalue weighted by molar-refractivity contribution is 5.95. The number of benzene rings is 1. The topological polar surface area (TPSA) is 48.7 Å². The standard InChI is InChI=1S/C15H16O4/c1-10-7-8-15(19-10)12(16)9-11-13(17-2)5-4-6-14(11)18-3/h4-8H,9H2,1-3H3. The van der Waals surface area contributed by atoms with Gasteiger partial charge in [-0.05, 0) is 31.2 Å². The monoisotopic (exact) mass is 260 g/mol. The van der Waals surface area contributed by atoms with Crippen molar-refractivity contribution in [1.29, 1.82) is 0 Å². The van der Waals surface area contributed by atoms with E-state index in [2.05, 4.69) is 0 Å². The molecule has 1 heterocycles.